The molecule has 0 spiro atoms. The molecule has 0 aromatic heterocycles. The normalized spacial score (nSPS) is 15.2. The van der Waals surface area contributed by atoms with E-state index in [2.05, 4.69) is 0 Å². The lowest BCUT2D eigenvalue weighted by molar-refractivity contribution is -0.119. The number of carbonyl (C=O) groups excluding carboxylic acids is 1. The molecular weight excluding hydrogens is 407 g/mol. The molecule has 0 unspecified atom stereocenters. The molecular formula is C19H20Cl2N2O3S. The number of hydrogen-bond donors (Lipinski definition) is 0. The van der Waals surface area contributed by atoms with Gasteiger partial charge >= 0.3 is 0 Å². The van der Waals surface area contributed by atoms with Crippen LogP contribution >= 0.6 is 23.2 Å². The van der Waals surface area contributed by atoms with Gasteiger partial charge < -0.3 is 4.90 Å². The lowest BCUT2D eigenvalue weighted by Gasteiger charge is -2.35. The van der Waals surface area contributed by atoms with E-state index in [1.807, 2.05) is 24.3 Å². The van der Waals surface area contributed by atoms with Crippen molar-refractivity contribution in [2.75, 3.05) is 22.0 Å². The summed E-state index contributed by atoms with van der Waals surface area (Å²) >= 11 is 12.1. The summed E-state index contributed by atoms with van der Waals surface area (Å²) in [6, 6.07) is 11.2. The zero-order valence-corrected chi connectivity index (χ0v) is 17.4. The second-order valence-corrected chi connectivity index (χ2v) is 9.32. The molecule has 0 radical (unpaired) electrons. The van der Waals surface area contributed by atoms with E-state index < -0.39 is 16.1 Å². The fourth-order valence-electron chi connectivity index (χ4n) is 3.46. The molecule has 2 aromatic rings. The van der Waals surface area contributed by atoms with Crippen molar-refractivity contribution in [1.82, 2.24) is 0 Å². The van der Waals surface area contributed by atoms with Crippen molar-refractivity contribution < 1.29 is 13.2 Å². The van der Waals surface area contributed by atoms with Gasteiger partial charge in [0.15, 0.2) is 0 Å². The van der Waals surface area contributed by atoms with Gasteiger partial charge in [-0.3, -0.25) is 9.10 Å². The number of carbonyl (C=O) groups is 1. The summed E-state index contributed by atoms with van der Waals surface area (Å²) in [6.45, 7) is 2.13. The minimum Gasteiger partial charge on any atom is -0.310 e. The Morgan fingerprint density at radius 3 is 2.41 bits per heavy atom. The monoisotopic (exact) mass is 426 g/mol. The summed E-state index contributed by atoms with van der Waals surface area (Å²) in [7, 11) is -3.74. The first kappa shape index (κ1) is 20.0. The summed E-state index contributed by atoms with van der Waals surface area (Å²) < 4.78 is 26.1. The number of hydrogen-bond acceptors (Lipinski definition) is 3. The van der Waals surface area contributed by atoms with Crippen LogP contribution in [0.2, 0.25) is 10.0 Å². The number of rotatable bonds is 4. The minimum atomic E-state index is -3.74. The molecule has 5 nitrogen and oxygen atoms in total. The zero-order chi connectivity index (χ0) is 19.8. The molecule has 8 heteroatoms. The standard InChI is InChI=1S/C19H20Cl2N2O3S/c1-13(19(24)22-9-5-7-14-6-3-4-8-18(14)22)23(27(2,25)26)17-11-15(20)10-16(21)12-17/h3-4,6,8,10-13H,5,7,9H2,1-2H3/t13-/m0/s1. The van der Waals surface area contributed by atoms with Crippen LogP contribution in [-0.2, 0) is 21.2 Å². The highest BCUT2D eigenvalue weighted by molar-refractivity contribution is 7.92. The van der Waals surface area contributed by atoms with Gasteiger partial charge in [0.05, 0.1) is 11.9 Å². The van der Waals surface area contributed by atoms with Crippen molar-refractivity contribution in [1.29, 1.82) is 0 Å². The largest absolute Gasteiger partial charge is 0.310 e. The Morgan fingerprint density at radius 1 is 1.15 bits per heavy atom. The SMILES string of the molecule is C[C@@H](C(=O)N1CCCc2ccccc21)N(c1cc(Cl)cc(Cl)c1)S(C)(=O)=O. The Morgan fingerprint density at radius 2 is 1.78 bits per heavy atom. The van der Waals surface area contributed by atoms with E-state index in [0.29, 0.717) is 16.6 Å². The van der Waals surface area contributed by atoms with E-state index in [9.17, 15) is 13.2 Å². The quantitative estimate of drug-likeness (QED) is 0.738. The number of anilines is 2. The summed E-state index contributed by atoms with van der Waals surface area (Å²) in [6.07, 6.45) is 2.79. The molecule has 27 heavy (non-hydrogen) atoms. The number of para-hydroxylation sites is 1. The Balaban J connectivity index is 2.00. The lowest BCUT2D eigenvalue weighted by atomic mass is 10.0. The number of halogens is 2. The van der Waals surface area contributed by atoms with Crippen LogP contribution in [0.5, 0.6) is 0 Å². The average molecular weight is 427 g/mol. The third-order valence-electron chi connectivity index (χ3n) is 4.54. The van der Waals surface area contributed by atoms with E-state index >= 15 is 0 Å². The number of aryl methyl sites for hydroxylation is 1. The predicted molar refractivity (Wildman–Crippen MR) is 110 cm³/mol. The van der Waals surface area contributed by atoms with Crippen LogP contribution in [0, 0.1) is 0 Å². The minimum absolute atomic E-state index is 0.265. The van der Waals surface area contributed by atoms with Gasteiger partial charge in [-0.15, -0.1) is 0 Å². The first-order chi connectivity index (χ1) is 12.7. The topological polar surface area (TPSA) is 57.7 Å². The first-order valence-electron chi connectivity index (χ1n) is 8.53. The molecule has 0 aliphatic carbocycles. The van der Waals surface area contributed by atoms with Crippen LogP contribution in [-0.4, -0.2) is 33.2 Å². The number of amides is 1. The first-order valence-corrected chi connectivity index (χ1v) is 11.1. The van der Waals surface area contributed by atoms with Crippen molar-refractivity contribution >= 4 is 50.5 Å². The van der Waals surface area contributed by atoms with Crippen LogP contribution in [0.3, 0.4) is 0 Å². The highest BCUT2D eigenvalue weighted by atomic mass is 35.5. The van der Waals surface area contributed by atoms with Crippen LogP contribution in [0.25, 0.3) is 0 Å². The van der Waals surface area contributed by atoms with Crippen molar-refractivity contribution in [2.45, 2.75) is 25.8 Å². The van der Waals surface area contributed by atoms with Crippen molar-refractivity contribution in [3.63, 3.8) is 0 Å². The van der Waals surface area contributed by atoms with Crippen LogP contribution in [0.1, 0.15) is 18.9 Å². The third kappa shape index (κ3) is 4.23. The maximum atomic E-state index is 13.2. The van der Waals surface area contributed by atoms with E-state index in [-0.39, 0.29) is 11.6 Å². The van der Waals surface area contributed by atoms with Gasteiger partial charge in [0.2, 0.25) is 10.0 Å². The summed E-state index contributed by atoms with van der Waals surface area (Å²) in [5.41, 5.74) is 2.18. The van der Waals surface area contributed by atoms with Gasteiger partial charge in [-0.05, 0) is 49.6 Å². The Hall–Kier alpha value is -1.76. The highest BCUT2D eigenvalue weighted by Gasteiger charge is 2.34. The van der Waals surface area contributed by atoms with Gasteiger partial charge in [0.1, 0.15) is 6.04 Å². The summed E-state index contributed by atoms with van der Waals surface area (Å²) in [5, 5.41) is 0.600. The van der Waals surface area contributed by atoms with Crippen molar-refractivity contribution in [2.24, 2.45) is 0 Å². The van der Waals surface area contributed by atoms with E-state index in [4.69, 9.17) is 23.2 Å². The molecule has 1 atom stereocenters. The maximum Gasteiger partial charge on any atom is 0.250 e. The second-order valence-electron chi connectivity index (χ2n) is 6.58. The molecule has 1 amide bonds. The molecule has 144 valence electrons. The number of sulfonamides is 1. The summed E-state index contributed by atoms with van der Waals surface area (Å²) in [4.78, 5) is 14.9. The van der Waals surface area contributed by atoms with E-state index in [0.717, 1.165) is 34.7 Å². The van der Waals surface area contributed by atoms with Crippen molar-refractivity contribution in [3.05, 3.63) is 58.1 Å². The number of nitrogens with zero attached hydrogens (tertiary/aromatic N) is 2. The lowest BCUT2D eigenvalue weighted by Crippen LogP contribution is -2.50. The molecule has 0 fully saturated rings. The molecule has 2 aromatic carbocycles. The Bertz CT molecular complexity index is 958. The maximum absolute atomic E-state index is 13.2. The second kappa shape index (κ2) is 7.70. The fourth-order valence-corrected chi connectivity index (χ4v) is 5.12. The van der Waals surface area contributed by atoms with Crippen LogP contribution in [0.4, 0.5) is 11.4 Å². The van der Waals surface area contributed by atoms with Gasteiger partial charge in [-0.1, -0.05) is 41.4 Å². The summed E-state index contributed by atoms with van der Waals surface area (Å²) in [5.74, 6) is -0.288. The molecule has 3 rings (SSSR count). The van der Waals surface area contributed by atoms with Gasteiger partial charge in [-0.2, -0.15) is 0 Å². The molecule has 0 N–H and O–H groups in total. The Labute approximate surface area is 169 Å². The molecule has 0 bridgehead atoms. The highest BCUT2D eigenvalue weighted by Crippen LogP contribution is 2.31. The zero-order valence-electron chi connectivity index (χ0n) is 15.0. The van der Waals surface area contributed by atoms with E-state index in [1.54, 1.807) is 11.8 Å². The van der Waals surface area contributed by atoms with E-state index in [1.165, 1.54) is 18.2 Å². The molecule has 1 aliphatic rings. The number of fused-ring (bicyclic) bond motifs is 1. The smallest absolute Gasteiger partial charge is 0.250 e. The predicted octanol–water partition coefficient (Wildman–Crippen LogP) is 4.13. The van der Waals surface area contributed by atoms with Crippen LogP contribution in [0.15, 0.2) is 42.5 Å². The molecule has 0 saturated heterocycles. The van der Waals surface area contributed by atoms with Gasteiger partial charge in [0, 0.05) is 22.3 Å². The molecule has 0 saturated carbocycles. The third-order valence-corrected chi connectivity index (χ3v) is 6.22. The van der Waals surface area contributed by atoms with Crippen LogP contribution < -0.4 is 9.21 Å². The Kier molecular flexibility index (Phi) is 5.70. The molecule has 1 heterocycles. The van der Waals surface area contributed by atoms with Gasteiger partial charge in [0.25, 0.3) is 5.91 Å². The fraction of sp³-hybridized carbons (Fsp3) is 0.316. The van der Waals surface area contributed by atoms with Gasteiger partial charge in [-0.25, -0.2) is 8.42 Å². The number of benzene rings is 2. The van der Waals surface area contributed by atoms with Crippen molar-refractivity contribution in [3.8, 4) is 0 Å². The molecule has 1 aliphatic heterocycles. The average Bonchev–Trinajstić information content (AvgIpc) is 2.58.